The lowest BCUT2D eigenvalue weighted by Gasteiger charge is -2.39. The van der Waals surface area contributed by atoms with Crippen molar-refractivity contribution in [3.63, 3.8) is 0 Å². The summed E-state index contributed by atoms with van der Waals surface area (Å²) in [6, 6.07) is 0.0156. The number of hydrogen-bond acceptors (Lipinski definition) is 4. The molecule has 0 spiro atoms. The zero-order valence-corrected chi connectivity index (χ0v) is 12.3. The van der Waals surface area contributed by atoms with E-state index < -0.39 is 0 Å². The lowest BCUT2D eigenvalue weighted by molar-refractivity contribution is -0.141. The van der Waals surface area contributed by atoms with E-state index in [4.69, 9.17) is 4.74 Å². The highest BCUT2D eigenvalue weighted by Crippen LogP contribution is 2.10. The van der Waals surface area contributed by atoms with E-state index in [0.717, 1.165) is 39.3 Å². The van der Waals surface area contributed by atoms with Crippen molar-refractivity contribution in [3.8, 4) is 0 Å². The predicted molar refractivity (Wildman–Crippen MR) is 75.2 cm³/mol. The molecular weight excluding hydrogens is 242 g/mol. The van der Waals surface area contributed by atoms with E-state index in [-0.39, 0.29) is 11.9 Å². The minimum absolute atomic E-state index is 0.0156. The summed E-state index contributed by atoms with van der Waals surface area (Å²) in [6.07, 6.45) is 1.21. The maximum atomic E-state index is 12.4. The van der Waals surface area contributed by atoms with Crippen LogP contribution in [0.3, 0.4) is 0 Å². The summed E-state index contributed by atoms with van der Waals surface area (Å²) in [4.78, 5) is 19.2. The van der Waals surface area contributed by atoms with Crippen LogP contribution in [-0.2, 0) is 9.53 Å². The van der Waals surface area contributed by atoms with Gasteiger partial charge in [0, 0.05) is 39.3 Å². The number of hydrogen-bond donors (Lipinski definition) is 0. The first kappa shape index (κ1) is 14.8. The zero-order valence-electron chi connectivity index (χ0n) is 12.3. The second kappa shape index (κ2) is 7.22. The Balaban J connectivity index is 1.79. The van der Waals surface area contributed by atoms with Gasteiger partial charge in [0.1, 0.15) is 0 Å². The quantitative estimate of drug-likeness (QED) is 0.733. The van der Waals surface area contributed by atoms with Crippen LogP contribution in [0.15, 0.2) is 0 Å². The normalized spacial score (nSPS) is 24.4. The number of morpholine rings is 1. The van der Waals surface area contributed by atoms with Gasteiger partial charge in [-0.15, -0.1) is 0 Å². The van der Waals surface area contributed by atoms with Gasteiger partial charge in [-0.25, -0.2) is 0 Å². The molecule has 2 aliphatic heterocycles. The molecule has 0 saturated carbocycles. The van der Waals surface area contributed by atoms with Crippen LogP contribution in [-0.4, -0.2) is 85.7 Å². The second-order valence-corrected chi connectivity index (χ2v) is 5.49. The molecular formula is C14H27N3O2. The average Bonchev–Trinajstić information content (AvgIpc) is 2.48. The van der Waals surface area contributed by atoms with Gasteiger partial charge in [-0.2, -0.15) is 0 Å². The van der Waals surface area contributed by atoms with Crippen LogP contribution in [0.25, 0.3) is 0 Å². The first-order valence-corrected chi connectivity index (χ1v) is 7.55. The van der Waals surface area contributed by atoms with Gasteiger partial charge in [-0.3, -0.25) is 9.69 Å². The van der Waals surface area contributed by atoms with E-state index in [1.54, 1.807) is 0 Å². The molecule has 0 bridgehead atoms. The zero-order chi connectivity index (χ0) is 13.7. The Hall–Kier alpha value is -0.650. The van der Waals surface area contributed by atoms with Gasteiger partial charge >= 0.3 is 0 Å². The standard InChI is InChI=1S/C14H27N3O2/c1-3-4-15-5-7-16(8-6-15)13(2)14(18)17-9-11-19-12-10-17/h13H,3-12H2,1-2H3. The molecule has 2 aliphatic rings. The van der Waals surface area contributed by atoms with Gasteiger partial charge in [-0.05, 0) is 19.9 Å². The van der Waals surface area contributed by atoms with Crippen LogP contribution < -0.4 is 0 Å². The van der Waals surface area contributed by atoms with Crippen LogP contribution in [0.2, 0.25) is 0 Å². The van der Waals surface area contributed by atoms with Crippen molar-refractivity contribution in [3.05, 3.63) is 0 Å². The highest BCUT2D eigenvalue weighted by molar-refractivity contribution is 5.81. The smallest absolute Gasteiger partial charge is 0.239 e. The summed E-state index contributed by atoms with van der Waals surface area (Å²) in [5.74, 6) is 0.271. The van der Waals surface area contributed by atoms with E-state index in [9.17, 15) is 4.79 Å². The molecule has 2 saturated heterocycles. The molecule has 5 nitrogen and oxygen atoms in total. The van der Waals surface area contributed by atoms with E-state index in [0.29, 0.717) is 13.2 Å². The van der Waals surface area contributed by atoms with E-state index in [1.807, 2.05) is 11.8 Å². The molecule has 0 aromatic rings. The Morgan fingerprint density at radius 3 is 2.32 bits per heavy atom. The van der Waals surface area contributed by atoms with Crippen LogP contribution in [0.1, 0.15) is 20.3 Å². The molecule has 1 amide bonds. The summed E-state index contributed by atoms with van der Waals surface area (Å²) in [6.45, 7) is 12.5. The minimum Gasteiger partial charge on any atom is -0.378 e. The Morgan fingerprint density at radius 1 is 1.11 bits per heavy atom. The Labute approximate surface area is 116 Å². The van der Waals surface area contributed by atoms with Crippen molar-refractivity contribution in [1.29, 1.82) is 0 Å². The number of ether oxygens (including phenoxy) is 1. The Kier molecular flexibility index (Phi) is 5.60. The molecule has 110 valence electrons. The van der Waals surface area contributed by atoms with Gasteiger partial charge in [-0.1, -0.05) is 6.92 Å². The van der Waals surface area contributed by atoms with Crippen molar-refractivity contribution in [2.45, 2.75) is 26.3 Å². The Morgan fingerprint density at radius 2 is 1.74 bits per heavy atom. The van der Waals surface area contributed by atoms with Crippen LogP contribution >= 0.6 is 0 Å². The fraction of sp³-hybridized carbons (Fsp3) is 0.929. The van der Waals surface area contributed by atoms with Crippen LogP contribution in [0.4, 0.5) is 0 Å². The van der Waals surface area contributed by atoms with Gasteiger partial charge in [0.2, 0.25) is 5.91 Å². The third kappa shape index (κ3) is 3.91. The summed E-state index contributed by atoms with van der Waals surface area (Å²) in [5.41, 5.74) is 0. The van der Waals surface area contributed by atoms with Crippen molar-refractivity contribution in [2.75, 3.05) is 59.0 Å². The molecule has 19 heavy (non-hydrogen) atoms. The maximum absolute atomic E-state index is 12.4. The third-order valence-corrected chi connectivity index (χ3v) is 4.17. The van der Waals surface area contributed by atoms with E-state index in [1.165, 1.54) is 13.0 Å². The summed E-state index contributed by atoms with van der Waals surface area (Å²) in [7, 11) is 0. The van der Waals surface area contributed by atoms with Gasteiger partial charge in [0.05, 0.1) is 19.3 Å². The van der Waals surface area contributed by atoms with Crippen molar-refractivity contribution >= 4 is 5.91 Å². The van der Waals surface area contributed by atoms with Crippen LogP contribution in [0.5, 0.6) is 0 Å². The number of rotatable bonds is 4. The molecule has 2 rings (SSSR count). The van der Waals surface area contributed by atoms with Crippen molar-refractivity contribution in [2.24, 2.45) is 0 Å². The number of nitrogens with zero attached hydrogens (tertiary/aromatic N) is 3. The first-order valence-electron chi connectivity index (χ1n) is 7.55. The molecule has 0 aliphatic carbocycles. The lowest BCUT2D eigenvalue weighted by Crippen LogP contribution is -2.55. The van der Waals surface area contributed by atoms with Crippen molar-refractivity contribution in [1.82, 2.24) is 14.7 Å². The first-order chi connectivity index (χ1) is 9.22. The van der Waals surface area contributed by atoms with Gasteiger partial charge in [0.25, 0.3) is 0 Å². The molecule has 1 atom stereocenters. The van der Waals surface area contributed by atoms with E-state index in [2.05, 4.69) is 16.7 Å². The topological polar surface area (TPSA) is 36.0 Å². The molecule has 0 N–H and O–H groups in total. The third-order valence-electron chi connectivity index (χ3n) is 4.17. The molecule has 5 heteroatoms. The number of carbonyl (C=O) groups excluding carboxylic acids is 1. The Bertz CT molecular complexity index is 284. The summed E-state index contributed by atoms with van der Waals surface area (Å²) >= 11 is 0. The molecule has 0 aromatic carbocycles. The monoisotopic (exact) mass is 269 g/mol. The van der Waals surface area contributed by atoms with Gasteiger partial charge in [0.15, 0.2) is 0 Å². The molecule has 0 radical (unpaired) electrons. The average molecular weight is 269 g/mol. The highest BCUT2D eigenvalue weighted by Gasteiger charge is 2.29. The lowest BCUT2D eigenvalue weighted by atomic mass is 10.2. The highest BCUT2D eigenvalue weighted by atomic mass is 16.5. The molecule has 0 aromatic heterocycles. The molecule has 2 heterocycles. The fourth-order valence-electron chi connectivity index (χ4n) is 2.89. The largest absolute Gasteiger partial charge is 0.378 e. The van der Waals surface area contributed by atoms with Crippen LogP contribution in [0, 0.1) is 0 Å². The molecule has 2 fully saturated rings. The fourth-order valence-corrected chi connectivity index (χ4v) is 2.89. The molecule has 1 unspecified atom stereocenters. The number of carbonyl (C=O) groups is 1. The summed E-state index contributed by atoms with van der Waals surface area (Å²) < 4.78 is 5.30. The number of piperazine rings is 1. The number of amides is 1. The second-order valence-electron chi connectivity index (χ2n) is 5.49. The van der Waals surface area contributed by atoms with Crippen molar-refractivity contribution < 1.29 is 9.53 Å². The summed E-state index contributed by atoms with van der Waals surface area (Å²) in [5, 5.41) is 0. The minimum atomic E-state index is 0.0156. The predicted octanol–water partition coefficient (Wildman–Crippen LogP) is 0.261. The van der Waals surface area contributed by atoms with E-state index >= 15 is 0 Å². The SMILES string of the molecule is CCCN1CCN(C(C)C(=O)N2CCOCC2)CC1. The maximum Gasteiger partial charge on any atom is 0.239 e. The van der Waals surface area contributed by atoms with Gasteiger partial charge < -0.3 is 14.5 Å².